The maximum atomic E-state index is 6.32. The van der Waals surface area contributed by atoms with Crippen molar-refractivity contribution in [1.82, 2.24) is 0 Å². The Bertz CT molecular complexity index is 540. The van der Waals surface area contributed by atoms with E-state index >= 15 is 0 Å². The van der Waals surface area contributed by atoms with E-state index in [2.05, 4.69) is 56.6 Å². The molecule has 0 bridgehead atoms. The smallest absolute Gasteiger partial charge is 0.127 e. The fourth-order valence-electron chi connectivity index (χ4n) is 2.46. The lowest BCUT2D eigenvalue weighted by atomic mass is 10.1. The first-order chi connectivity index (χ1) is 10.1. The van der Waals surface area contributed by atoms with Crippen LogP contribution in [0.4, 0.5) is 0 Å². The SMILES string of the molecule is C[NH+](C)CC[NH+](Cc1ccccc1)Cc1ccccc1Cl. The molecule has 2 aromatic rings. The van der Waals surface area contributed by atoms with E-state index in [1.165, 1.54) is 16.0 Å². The standard InChI is InChI=1S/C18H23ClN2/c1-20(2)12-13-21(14-16-8-4-3-5-9-16)15-17-10-6-7-11-18(17)19/h3-11H,12-15H2,1-2H3/p+2. The molecule has 0 aliphatic rings. The Kier molecular flexibility index (Phi) is 6.24. The van der Waals surface area contributed by atoms with Crippen molar-refractivity contribution >= 4 is 11.6 Å². The summed E-state index contributed by atoms with van der Waals surface area (Å²) in [6, 6.07) is 18.9. The summed E-state index contributed by atoms with van der Waals surface area (Å²) in [7, 11) is 4.41. The third kappa shape index (κ3) is 5.50. The largest absolute Gasteiger partial charge is 0.335 e. The molecule has 0 saturated carbocycles. The van der Waals surface area contributed by atoms with E-state index in [4.69, 9.17) is 11.6 Å². The quantitative estimate of drug-likeness (QED) is 0.757. The van der Waals surface area contributed by atoms with Crippen LogP contribution in [-0.2, 0) is 13.1 Å². The van der Waals surface area contributed by atoms with Gasteiger partial charge in [-0.15, -0.1) is 0 Å². The predicted octanol–water partition coefficient (Wildman–Crippen LogP) is 1.07. The average Bonchev–Trinajstić information content (AvgIpc) is 2.48. The molecule has 0 saturated heterocycles. The van der Waals surface area contributed by atoms with Crippen molar-refractivity contribution in [3.05, 3.63) is 70.7 Å². The van der Waals surface area contributed by atoms with Gasteiger partial charge in [0.15, 0.2) is 0 Å². The lowest BCUT2D eigenvalue weighted by Crippen LogP contribution is -3.16. The number of rotatable bonds is 7. The van der Waals surface area contributed by atoms with Gasteiger partial charge in [-0.1, -0.05) is 60.1 Å². The second kappa shape index (κ2) is 8.18. The lowest BCUT2D eigenvalue weighted by molar-refractivity contribution is -0.960. The molecule has 21 heavy (non-hydrogen) atoms. The van der Waals surface area contributed by atoms with Gasteiger partial charge in [-0.2, -0.15) is 0 Å². The normalized spacial score (nSPS) is 12.6. The number of nitrogens with one attached hydrogen (secondary N) is 2. The number of quaternary nitrogens is 2. The molecule has 0 aromatic heterocycles. The van der Waals surface area contributed by atoms with E-state index < -0.39 is 0 Å². The second-order valence-corrected chi connectivity index (χ2v) is 6.29. The Hall–Kier alpha value is -1.35. The van der Waals surface area contributed by atoms with E-state index in [1.807, 2.05) is 12.1 Å². The van der Waals surface area contributed by atoms with Crippen LogP contribution in [0.3, 0.4) is 0 Å². The molecular weight excluding hydrogens is 280 g/mol. The van der Waals surface area contributed by atoms with Crippen molar-refractivity contribution in [2.45, 2.75) is 13.1 Å². The van der Waals surface area contributed by atoms with Crippen LogP contribution in [0.2, 0.25) is 5.02 Å². The fraction of sp³-hybridized carbons (Fsp3) is 0.333. The van der Waals surface area contributed by atoms with Crippen molar-refractivity contribution in [3.8, 4) is 0 Å². The van der Waals surface area contributed by atoms with Crippen molar-refractivity contribution in [2.75, 3.05) is 27.2 Å². The summed E-state index contributed by atoms with van der Waals surface area (Å²) < 4.78 is 0. The van der Waals surface area contributed by atoms with Crippen LogP contribution in [0.5, 0.6) is 0 Å². The number of likely N-dealkylation sites (N-methyl/N-ethyl adjacent to an activating group) is 1. The molecular formula is C18H25ClN2+2. The molecule has 0 fully saturated rings. The topological polar surface area (TPSA) is 8.88 Å². The van der Waals surface area contributed by atoms with Gasteiger partial charge in [0.2, 0.25) is 0 Å². The molecule has 0 spiro atoms. The van der Waals surface area contributed by atoms with Crippen LogP contribution >= 0.6 is 11.6 Å². The van der Waals surface area contributed by atoms with Gasteiger partial charge in [-0.05, 0) is 6.07 Å². The Labute approximate surface area is 133 Å². The maximum absolute atomic E-state index is 6.32. The summed E-state index contributed by atoms with van der Waals surface area (Å²) in [6.07, 6.45) is 0. The summed E-state index contributed by atoms with van der Waals surface area (Å²) in [4.78, 5) is 3.04. The Morgan fingerprint density at radius 3 is 2.14 bits per heavy atom. The molecule has 2 rings (SSSR count). The minimum atomic E-state index is 0.875. The Morgan fingerprint density at radius 2 is 1.48 bits per heavy atom. The van der Waals surface area contributed by atoms with Crippen molar-refractivity contribution in [3.63, 3.8) is 0 Å². The molecule has 2 aromatic carbocycles. The summed E-state index contributed by atoms with van der Waals surface area (Å²) in [6.45, 7) is 4.32. The van der Waals surface area contributed by atoms with E-state index in [0.29, 0.717) is 0 Å². The van der Waals surface area contributed by atoms with Crippen LogP contribution in [0.1, 0.15) is 11.1 Å². The maximum Gasteiger partial charge on any atom is 0.127 e. The zero-order chi connectivity index (χ0) is 15.1. The van der Waals surface area contributed by atoms with E-state index in [-0.39, 0.29) is 0 Å². The monoisotopic (exact) mass is 304 g/mol. The number of benzene rings is 2. The summed E-state index contributed by atoms with van der Waals surface area (Å²) >= 11 is 6.32. The number of halogens is 1. The summed E-state index contributed by atoms with van der Waals surface area (Å²) in [5, 5.41) is 0.875. The third-order valence-electron chi connectivity index (χ3n) is 3.67. The van der Waals surface area contributed by atoms with Gasteiger partial charge in [0.25, 0.3) is 0 Å². The Morgan fingerprint density at radius 1 is 0.810 bits per heavy atom. The molecule has 1 atom stereocenters. The van der Waals surface area contributed by atoms with Gasteiger partial charge in [0.05, 0.1) is 14.1 Å². The van der Waals surface area contributed by atoms with E-state index in [1.54, 1.807) is 4.90 Å². The highest BCUT2D eigenvalue weighted by Crippen LogP contribution is 2.13. The number of hydrogen-bond donors (Lipinski definition) is 2. The lowest BCUT2D eigenvalue weighted by Gasteiger charge is -2.21. The second-order valence-electron chi connectivity index (χ2n) is 5.89. The van der Waals surface area contributed by atoms with Crippen molar-refractivity contribution in [1.29, 1.82) is 0 Å². The average molecular weight is 305 g/mol. The molecule has 0 heterocycles. The van der Waals surface area contributed by atoms with Gasteiger partial charge in [-0.3, -0.25) is 0 Å². The zero-order valence-corrected chi connectivity index (χ0v) is 13.7. The number of hydrogen-bond acceptors (Lipinski definition) is 0. The van der Waals surface area contributed by atoms with Crippen LogP contribution < -0.4 is 9.80 Å². The van der Waals surface area contributed by atoms with Crippen LogP contribution in [0.25, 0.3) is 0 Å². The first-order valence-corrected chi connectivity index (χ1v) is 7.93. The van der Waals surface area contributed by atoms with Crippen LogP contribution in [-0.4, -0.2) is 27.2 Å². The Balaban J connectivity index is 2.06. The third-order valence-corrected chi connectivity index (χ3v) is 4.04. The van der Waals surface area contributed by atoms with Gasteiger partial charge < -0.3 is 9.80 Å². The summed E-state index contributed by atoms with van der Waals surface area (Å²) in [5.41, 5.74) is 2.62. The molecule has 2 nitrogen and oxygen atoms in total. The first kappa shape index (κ1) is 16.0. The van der Waals surface area contributed by atoms with Crippen LogP contribution in [0.15, 0.2) is 54.6 Å². The molecule has 0 aliphatic heterocycles. The van der Waals surface area contributed by atoms with Gasteiger partial charge in [-0.25, -0.2) is 0 Å². The van der Waals surface area contributed by atoms with Gasteiger partial charge in [0, 0.05) is 16.1 Å². The predicted molar refractivity (Wildman–Crippen MR) is 88.8 cm³/mol. The fourth-order valence-corrected chi connectivity index (χ4v) is 2.66. The first-order valence-electron chi connectivity index (χ1n) is 7.55. The highest BCUT2D eigenvalue weighted by atomic mass is 35.5. The van der Waals surface area contributed by atoms with E-state index in [9.17, 15) is 0 Å². The molecule has 0 aliphatic carbocycles. The molecule has 2 N–H and O–H groups in total. The van der Waals surface area contributed by atoms with Crippen molar-refractivity contribution < 1.29 is 9.80 Å². The molecule has 0 radical (unpaired) electrons. The summed E-state index contributed by atoms with van der Waals surface area (Å²) in [5.74, 6) is 0. The molecule has 1 unspecified atom stereocenters. The highest BCUT2D eigenvalue weighted by Gasteiger charge is 2.14. The van der Waals surface area contributed by atoms with E-state index in [0.717, 1.165) is 31.2 Å². The minimum Gasteiger partial charge on any atom is -0.335 e. The molecule has 0 amide bonds. The molecule has 112 valence electrons. The molecule has 3 heteroatoms. The van der Waals surface area contributed by atoms with Gasteiger partial charge >= 0.3 is 0 Å². The minimum absolute atomic E-state index is 0.875. The highest BCUT2D eigenvalue weighted by molar-refractivity contribution is 6.31. The van der Waals surface area contributed by atoms with Gasteiger partial charge in [0.1, 0.15) is 26.2 Å². The van der Waals surface area contributed by atoms with Crippen LogP contribution in [0, 0.1) is 0 Å². The zero-order valence-electron chi connectivity index (χ0n) is 12.9. The van der Waals surface area contributed by atoms with Crippen molar-refractivity contribution in [2.24, 2.45) is 0 Å².